The number of ether oxygens (including phenoxy) is 1. The highest BCUT2D eigenvalue weighted by Crippen LogP contribution is 2.18. The van der Waals surface area contributed by atoms with Gasteiger partial charge in [0, 0.05) is 28.6 Å². The van der Waals surface area contributed by atoms with Crippen LogP contribution in [0.15, 0.2) is 63.2 Å². The number of nitrogens with zero attached hydrogens (tertiary/aromatic N) is 2. The maximum atomic E-state index is 13.2. The molecular formula is C24H29N3O2S. The average Bonchev–Trinajstić information content (AvgIpc) is 3.08. The maximum Gasteiger partial charge on any atom is 0.280 e. The van der Waals surface area contributed by atoms with Crippen molar-refractivity contribution in [2.24, 2.45) is 4.99 Å². The van der Waals surface area contributed by atoms with Crippen molar-refractivity contribution in [1.29, 1.82) is 0 Å². The van der Waals surface area contributed by atoms with E-state index in [-0.39, 0.29) is 5.56 Å². The lowest BCUT2D eigenvalue weighted by Crippen LogP contribution is -2.20. The molecule has 0 spiro atoms. The largest absolute Gasteiger partial charge is 0.497 e. The zero-order valence-corrected chi connectivity index (χ0v) is 18.9. The van der Waals surface area contributed by atoms with Crippen LogP contribution in [0.5, 0.6) is 5.75 Å². The van der Waals surface area contributed by atoms with Crippen molar-refractivity contribution < 1.29 is 4.74 Å². The number of benzene rings is 2. The minimum atomic E-state index is -0.0592. The molecule has 1 heterocycles. The van der Waals surface area contributed by atoms with Gasteiger partial charge < -0.3 is 4.74 Å². The van der Waals surface area contributed by atoms with E-state index in [1.54, 1.807) is 23.6 Å². The van der Waals surface area contributed by atoms with Crippen molar-refractivity contribution in [3.05, 3.63) is 75.7 Å². The summed E-state index contributed by atoms with van der Waals surface area (Å²) in [6.07, 6.45) is 1.75. The molecule has 158 valence electrons. The lowest BCUT2D eigenvalue weighted by atomic mass is 10.1. The number of aryl methyl sites for hydroxylation is 2. The van der Waals surface area contributed by atoms with Gasteiger partial charge in [-0.1, -0.05) is 31.0 Å². The van der Waals surface area contributed by atoms with Crippen LogP contribution < -0.4 is 10.3 Å². The lowest BCUT2D eigenvalue weighted by molar-refractivity contribution is 0.414. The second-order valence-electron chi connectivity index (χ2n) is 7.18. The quantitative estimate of drug-likeness (QED) is 0.298. The van der Waals surface area contributed by atoms with Crippen LogP contribution in [0.4, 0.5) is 0 Å². The minimum Gasteiger partial charge on any atom is -0.497 e. The van der Waals surface area contributed by atoms with Crippen molar-refractivity contribution in [3.8, 4) is 11.4 Å². The number of hydrogen-bond donors (Lipinski definition) is 1. The van der Waals surface area contributed by atoms with Gasteiger partial charge in [-0.2, -0.15) is 0 Å². The number of H-pyrrole nitrogens is 1. The number of aromatic amines is 1. The van der Waals surface area contributed by atoms with E-state index < -0.39 is 0 Å². The van der Waals surface area contributed by atoms with E-state index in [9.17, 15) is 4.79 Å². The highest BCUT2D eigenvalue weighted by molar-refractivity contribution is 7.99. The predicted molar refractivity (Wildman–Crippen MR) is 126 cm³/mol. The molecule has 3 aromatic rings. The van der Waals surface area contributed by atoms with E-state index in [1.165, 1.54) is 10.5 Å². The molecule has 0 aliphatic carbocycles. The van der Waals surface area contributed by atoms with Crippen LogP contribution in [0.2, 0.25) is 0 Å². The van der Waals surface area contributed by atoms with Crippen LogP contribution in [0.1, 0.15) is 37.1 Å². The molecule has 1 aromatic heterocycles. The minimum absolute atomic E-state index is 0.0592. The van der Waals surface area contributed by atoms with Crippen LogP contribution in [0.3, 0.4) is 0 Å². The molecule has 0 amide bonds. The molecule has 0 aliphatic heterocycles. The summed E-state index contributed by atoms with van der Waals surface area (Å²) >= 11 is 1.78. The Morgan fingerprint density at radius 2 is 1.83 bits per heavy atom. The molecule has 3 rings (SSSR count). The molecule has 0 saturated heterocycles. The highest BCUT2D eigenvalue weighted by Gasteiger charge is 2.17. The first-order chi connectivity index (χ1) is 14.5. The number of rotatable bonds is 9. The van der Waals surface area contributed by atoms with E-state index in [1.807, 2.05) is 31.2 Å². The summed E-state index contributed by atoms with van der Waals surface area (Å²) in [6, 6.07) is 16.0. The molecule has 0 radical (unpaired) electrons. The van der Waals surface area contributed by atoms with Gasteiger partial charge in [-0.05, 0) is 56.7 Å². The van der Waals surface area contributed by atoms with Gasteiger partial charge in [0.25, 0.3) is 5.56 Å². The zero-order chi connectivity index (χ0) is 21.5. The van der Waals surface area contributed by atoms with E-state index in [2.05, 4.69) is 43.2 Å². The van der Waals surface area contributed by atoms with Gasteiger partial charge in [0.2, 0.25) is 0 Å². The first-order valence-corrected chi connectivity index (χ1v) is 11.2. The summed E-state index contributed by atoms with van der Waals surface area (Å²) in [5.74, 6) is 1.64. The van der Waals surface area contributed by atoms with E-state index in [0.29, 0.717) is 12.1 Å². The molecule has 0 atom stereocenters. The molecule has 0 bridgehead atoms. The molecule has 30 heavy (non-hydrogen) atoms. The van der Waals surface area contributed by atoms with Crippen LogP contribution in [0.25, 0.3) is 5.69 Å². The SMILES string of the molecule is CCCc1[nH]n(-c2ccc(OC)cc2)c(=O)c1C(C)=NCCSc1ccc(C)cc1. The standard InChI is InChI=1S/C24H29N3O2S/c1-5-6-22-23(18(3)25-15-16-30-21-13-7-17(2)8-14-21)24(28)27(26-22)19-9-11-20(29-4)12-10-19/h7-14,26H,5-6,15-16H2,1-4H3. The Bertz CT molecular complexity index is 1050. The van der Waals surface area contributed by atoms with Gasteiger partial charge in [0.1, 0.15) is 5.75 Å². The number of aromatic nitrogens is 2. The highest BCUT2D eigenvalue weighted by atomic mass is 32.2. The van der Waals surface area contributed by atoms with Crippen LogP contribution in [0, 0.1) is 6.92 Å². The van der Waals surface area contributed by atoms with Crippen molar-refractivity contribution in [2.75, 3.05) is 19.4 Å². The number of thioether (sulfide) groups is 1. The monoisotopic (exact) mass is 423 g/mol. The fraction of sp³-hybridized carbons (Fsp3) is 0.333. The number of methoxy groups -OCH3 is 1. The first kappa shape index (κ1) is 22.0. The second-order valence-corrected chi connectivity index (χ2v) is 8.35. The predicted octanol–water partition coefficient (Wildman–Crippen LogP) is 5.04. The third-order valence-electron chi connectivity index (χ3n) is 4.89. The van der Waals surface area contributed by atoms with Crippen LogP contribution in [-0.4, -0.2) is 34.9 Å². The third-order valence-corrected chi connectivity index (χ3v) is 5.88. The number of nitrogens with one attached hydrogen (secondary N) is 1. The molecule has 0 fully saturated rings. The molecule has 5 nitrogen and oxygen atoms in total. The number of hydrogen-bond acceptors (Lipinski definition) is 4. The van der Waals surface area contributed by atoms with Gasteiger partial charge in [0.15, 0.2) is 0 Å². The molecular weight excluding hydrogens is 394 g/mol. The van der Waals surface area contributed by atoms with E-state index in [4.69, 9.17) is 9.73 Å². The maximum absolute atomic E-state index is 13.2. The topological polar surface area (TPSA) is 59.4 Å². The number of aliphatic imine (C=N–C) groups is 1. The lowest BCUT2D eigenvalue weighted by Gasteiger charge is -2.03. The Balaban J connectivity index is 1.78. The molecule has 0 saturated carbocycles. The summed E-state index contributed by atoms with van der Waals surface area (Å²) in [5, 5.41) is 3.28. The average molecular weight is 424 g/mol. The second kappa shape index (κ2) is 10.3. The molecule has 0 unspecified atom stereocenters. The van der Waals surface area contributed by atoms with Gasteiger partial charge in [-0.25, -0.2) is 4.68 Å². The Labute approximate surface area is 182 Å². The van der Waals surface area contributed by atoms with E-state index >= 15 is 0 Å². The Kier molecular flexibility index (Phi) is 7.57. The summed E-state index contributed by atoms with van der Waals surface area (Å²) in [4.78, 5) is 19.1. The van der Waals surface area contributed by atoms with Crippen molar-refractivity contribution >= 4 is 17.5 Å². The normalized spacial score (nSPS) is 11.7. The fourth-order valence-electron chi connectivity index (χ4n) is 3.29. The first-order valence-electron chi connectivity index (χ1n) is 10.2. The van der Waals surface area contributed by atoms with E-state index in [0.717, 1.165) is 41.4 Å². The van der Waals surface area contributed by atoms with Crippen molar-refractivity contribution in [3.63, 3.8) is 0 Å². The summed E-state index contributed by atoms with van der Waals surface area (Å²) < 4.78 is 6.81. The summed E-state index contributed by atoms with van der Waals surface area (Å²) in [5.41, 5.74) is 4.40. The smallest absolute Gasteiger partial charge is 0.280 e. The molecule has 2 aromatic carbocycles. The molecule has 0 aliphatic rings. The third kappa shape index (κ3) is 5.25. The molecule has 1 N–H and O–H groups in total. The Morgan fingerprint density at radius 3 is 2.47 bits per heavy atom. The fourth-order valence-corrected chi connectivity index (χ4v) is 4.04. The summed E-state index contributed by atoms with van der Waals surface area (Å²) in [6.45, 7) is 6.80. The Morgan fingerprint density at radius 1 is 1.13 bits per heavy atom. The van der Waals surface area contributed by atoms with Gasteiger partial charge in [-0.3, -0.25) is 14.9 Å². The van der Waals surface area contributed by atoms with Crippen LogP contribution >= 0.6 is 11.8 Å². The molecule has 6 heteroatoms. The zero-order valence-electron chi connectivity index (χ0n) is 18.1. The Hall–Kier alpha value is -2.73. The van der Waals surface area contributed by atoms with Gasteiger partial charge in [-0.15, -0.1) is 11.8 Å². The van der Waals surface area contributed by atoms with Crippen LogP contribution in [-0.2, 0) is 6.42 Å². The van der Waals surface area contributed by atoms with Gasteiger partial charge in [0.05, 0.1) is 18.4 Å². The van der Waals surface area contributed by atoms with Crippen molar-refractivity contribution in [2.45, 2.75) is 38.5 Å². The summed E-state index contributed by atoms with van der Waals surface area (Å²) in [7, 11) is 1.63. The van der Waals surface area contributed by atoms with Gasteiger partial charge >= 0.3 is 0 Å². The van der Waals surface area contributed by atoms with Crippen molar-refractivity contribution in [1.82, 2.24) is 9.78 Å².